The molecule has 28 heavy (non-hydrogen) atoms. The Kier molecular flexibility index (Phi) is 5.08. The first-order valence-corrected chi connectivity index (χ1v) is 9.49. The zero-order valence-electron chi connectivity index (χ0n) is 15.6. The van der Waals surface area contributed by atoms with Gasteiger partial charge in [-0.1, -0.05) is 24.3 Å². The van der Waals surface area contributed by atoms with Gasteiger partial charge in [0.15, 0.2) is 0 Å². The van der Waals surface area contributed by atoms with Gasteiger partial charge in [0.05, 0.1) is 30.2 Å². The van der Waals surface area contributed by atoms with E-state index in [9.17, 15) is 15.6 Å². The summed E-state index contributed by atoms with van der Waals surface area (Å²) in [6.45, 7) is 3.55. The van der Waals surface area contributed by atoms with Crippen molar-refractivity contribution >= 4 is 16.6 Å². The number of fused-ring (bicyclic) bond motifs is 2. The van der Waals surface area contributed by atoms with Crippen LogP contribution in [0.15, 0.2) is 42.5 Å². The molecule has 0 atom stereocenters. The first-order chi connectivity index (χ1) is 13.6. The second-order valence-electron chi connectivity index (χ2n) is 7.16. The van der Waals surface area contributed by atoms with Crippen LogP contribution in [-0.2, 0) is 4.74 Å². The molecule has 0 unspecified atom stereocenters. The summed E-state index contributed by atoms with van der Waals surface area (Å²) in [5.74, 6) is 0. The third-order valence-corrected chi connectivity index (χ3v) is 5.31. The highest BCUT2D eigenvalue weighted by atomic mass is 16.8. The Morgan fingerprint density at radius 3 is 2.68 bits per heavy atom. The number of ether oxygens (including phenoxy) is 1. The number of hydrogen-bond donors (Lipinski definition) is 3. The Morgan fingerprint density at radius 1 is 1.11 bits per heavy atom. The lowest BCUT2D eigenvalue weighted by Gasteiger charge is -2.33. The van der Waals surface area contributed by atoms with Gasteiger partial charge in [0, 0.05) is 29.9 Å². The van der Waals surface area contributed by atoms with Crippen molar-refractivity contribution in [1.82, 2.24) is 9.89 Å². The highest BCUT2D eigenvalue weighted by Gasteiger charge is 2.28. The molecule has 4 rings (SSSR count). The minimum atomic E-state index is -0.349. The molecule has 3 N–H and O–H groups in total. The van der Waals surface area contributed by atoms with Gasteiger partial charge in [-0.3, -0.25) is 0 Å². The van der Waals surface area contributed by atoms with E-state index in [1.54, 1.807) is 6.07 Å². The summed E-state index contributed by atoms with van der Waals surface area (Å²) in [6, 6.07) is 12.8. The van der Waals surface area contributed by atoms with Gasteiger partial charge < -0.3 is 25.5 Å². The Balaban J connectivity index is 1.65. The van der Waals surface area contributed by atoms with Gasteiger partial charge in [0.25, 0.3) is 0 Å². The highest BCUT2D eigenvalue weighted by molar-refractivity contribution is 6.00. The van der Waals surface area contributed by atoms with E-state index < -0.39 is 0 Å². The number of hydroxylamine groups is 3. The Labute approximate surface area is 162 Å². The van der Waals surface area contributed by atoms with E-state index in [0.29, 0.717) is 50.7 Å². The Bertz CT molecular complexity index is 1010. The molecule has 0 radical (unpaired) electrons. The van der Waals surface area contributed by atoms with Crippen LogP contribution in [0.2, 0.25) is 0 Å². The van der Waals surface area contributed by atoms with Crippen LogP contribution < -0.4 is 15.6 Å². The normalized spacial score (nSPS) is 16.3. The molecular formula is C20H24N4O4. The number of para-hydroxylation sites is 1. The van der Waals surface area contributed by atoms with Crippen molar-refractivity contribution in [2.75, 3.05) is 44.7 Å². The summed E-state index contributed by atoms with van der Waals surface area (Å²) in [6.07, 6.45) is 0.742. The fourth-order valence-electron chi connectivity index (χ4n) is 3.83. The van der Waals surface area contributed by atoms with E-state index in [4.69, 9.17) is 4.74 Å². The quantitative estimate of drug-likeness (QED) is 0.270. The third-order valence-electron chi connectivity index (χ3n) is 5.31. The zero-order chi connectivity index (χ0) is 19.6. The SMILES string of the molecule is [O-][N+]([O-])=c1cccc2[nH]c3ccccc3c(NCCC[N+]3(O)CCOCC3)c1-2. The molecule has 148 valence electrons. The van der Waals surface area contributed by atoms with Gasteiger partial charge in [0.2, 0.25) is 5.36 Å². The molecule has 2 heterocycles. The van der Waals surface area contributed by atoms with Crippen LogP contribution in [0.5, 0.6) is 0 Å². The number of rotatable bonds is 5. The second-order valence-corrected chi connectivity index (χ2v) is 7.16. The van der Waals surface area contributed by atoms with Crippen LogP contribution in [0.3, 0.4) is 0 Å². The summed E-state index contributed by atoms with van der Waals surface area (Å²) >= 11 is 0. The summed E-state index contributed by atoms with van der Waals surface area (Å²) in [5, 5.41) is 38.1. The molecule has 8 heteroatoms. The van der Waals surface area contributed by atoms with Crippen LogP contribution >= 0.6 is 0 Å². The number of nitrogens with one attached hydrogen (secondary N) is 2. The minimum absolute atomic E-state index is 0.0197. The first-order valence-electron chi connectivity index (χ1n) is 9.49. The van der Waals surface area contributed by atoms with Crippen LogP contribution in [0.4, 0.5) is 5.69 Å². The topological polar surface area (TPSA) is 106 Å². The number of aromatic nitrogens is 1. The van der Waals surface area contributed by atoms with Crippen LogP contribution in [0.25, 0.3) is 22.2 Å². The lowest BCUT2D eigenvalue weighted by molar-refractivity contribution is -1.11. The Hall–Kier alpha value is -2.81. The summed E-state index contributed by atoms with van der Waals surface area (Å²) in [4.78, 5) is 2.94. The molecule has 1 aromatic carbocycles. The standard InChI is InChI=1S/C20H24N4O4/c25-23(26)18-8-3-7-17-19(18)20(15-5-1-2-6-16(15)22-17)21-9-4-10-24(27)11-13-28-14-12-24/h1-3,5-8,21-22,27H,4,9-14H2. The predicted molar refractivity (Wildman–Crippen MR) is 107 cm³/mol. The zero-order valence-corrected chi connectivity index (χ0v) is 15.6. The number of pyridine rings is 1. The summed E-state index contributed by atoms with van der Waals surface area (Å²) in [7, 11) is 0. The van der Waals surface area contributed by atoms with Gasteiger partial charge in [-0.15, -0.1) is 0 Å². The van der Waals surface area contributed by atoms with Crippen molar-refractivity contribution in [1.29, 1.82) is 0 Å². The molecule has 3 aliphatic rings. The van der Waals surface area contributed by atoms with Crippen molar-refractivity contribution in [2.45, 2.75) is 6.42 Å². The monoisotopic (exact) mass is 384 g/mol. The number of H-pyrrole nitrogens is 1. The largest absolute Gasteiger partial charge is 0.612 e. The van der Waals surface area contributed by atoms with Crippen molar-refractivity contribution in [3.8, 4) is 11.3 Å². The van der Waals surface area contributed by atoms with Crippen molar-refractivity contribution < 1.29 is 14.6 Å². The van der Waals surface area contributed by atoms with E-state index in [0.717, 1.165) is 23.0 Å². The first kappa shape index (κ1) is 18.5. The fourth-order valence-corrected chi connectivity index (χ4v) is 3.83. The molecule has 1 aliphatic carbocycles. The average Bonchev–Trinajstić information content (AvgIpc) is 2.70. The smallest absolute Gasteiger partial charge is 0.234 e. The maximum atomic E-state index is 11.6. The average molecular weight is 384 g/mol. The number of nitrogens with zero attached hydrogens (tertiary/aromatic N) is 2. The molecule has 0 saturated carbocycles. The summed E-state index contributed by atoms with van der Waals surface area (Å²) < 4.78 is 5.33. The lowest BCUT2D eigenvalue weighted by atomic mass is 10.0. The minimum Gasteiger partial charge on any atom is -0.612 e. The van der Waals surface area contributed by atoms with Gasteiger partial charge in [-0.05, 0) is 12.1 Å². The molecule has 1 saturated heterocycles. The summed E-state index contributed by atoms with van der Waals surface area (Å²) in [5.41, 5.74) is 2.96. The molecule has 1 fully saturated rings. The van der Waals surface area contributed by atoms with E-state index in [1.807, 2.05) is 30.3 Å². The number of quaternary nitrogens is 1. The number of hydrogen-bond acceptors (Lipinski definition) is 5. The van der Waals surface area contributed by atoms with Gasteiger partial charge in [-0.25, -0.2) is 5.21 Å². The second kappa shape index (κ2) is 7.67. The van der Waals surface area contributed by atoms with E-state index in [1.165, 1.54) is 6.07 Å². The predicted octanol–water partition coefficient (Wildman–Crippen LogP) is 2.08. The van der Waals surface area contributed by atoms with Crippen molar-refractivity contribution in [3.05, 3.63) is 58.2 Å². The number of morpholine rings is 1. The molecule has 2 aliphatic heterocycles. The highest BCUT2D eigenvalue weighted by Crippen LogP contribution is 2.32. The van der Waals surface area contributed by atoms with Crippen molar-refractivity contribution in [3.63, 3.8) is 0 Å². The third kappa shape index (κ3) is 3.62. The number of anilines is 1. The van der Waals surface area contributed by atoms with E-state index >= 15 is 0 Å². The number of aromatic amines is 1. The van der Waals surface area contributed by atoms with Crippen LogP contribution in [0, 0.1) is 10.4 Å². The maximum Gasteiger partial charge on any atom is 0.234 e. The van der Waals surface area contributed by atoms with Gasteiger partial charge in [-0.2, -0.15) is 9.55 Å². The van der Waals surface area contributed by atoms with Crippen molar-refractivity contribution in [2.24, 2.45) is 0 Å². The van der Waals surface area contributed by atoms with Crippen LogP contribution in [-0.4, -0.2) is 54.2 Å². The van der Waals surface area contributed by atoms with Gasteiger partial charge >= 0.3 is 0 Å². The van der Waals surface area contributed by atoms with E-state index in [-0.39, 0.29) is 14.9 Å². The molecule has 0 amide bonds. The van der Waals surface area contributed by atoms with E-state index in [2.05, 4.69) is 10.3 Å². The molecular weight excluding hydrogens is 360 g/mol. The van der Waals surface area contributed by atoms with Gasteiger partial charge in [0.1, 0.15) is 19.6 Å². The maximum absolute atomic E-state index is 11.6. The fraction of sp³-hybridized carbons (Fsp3) is 0.350. The number of benzene rings is 2. The Morgan fingerprint density at radius 2 is 1.89 bits per heavy atom. The molecule has 0 aromatic heterocycles. The molecule has 8 nitrogen and oxygen atoms in total. The molecule has 0 spiro atoms. The lowest BCUT2D eigenvalue weighted by Crippen LogP contribution is -2.53. The van der Waals surface area contributed by atoms with Crippen LogP contribution in [0.1, 0.15) is 6.42 Å². The molecule has 0 bridgehead atoms. The molecule has 1 aromatic rings.